The summed E-state index contributed by atoms with van der Waals surface area (Å²) < 4.78 is 33.8. The van der Waals surface area contributed by atoms with Gasteiger partial charge in [-0.05, 0) is 30.3 Å². The van der Waals surface area contributed by atoms with E-state index in [0.717, 1.165) is 16.7 Å². The SMILES string of the molecule is O=c1[nH]c2cc[nH]c2c(=O)n1-c1cccc(OCc2c(F)cccc2F)c1. The van der Waals surface area contributed by atoms with E-state index in [4.69, 9.17) is 4.74 Å². The van der Waals surface area contributed by atoms with Crippen molar-refractivity contribution < 1.29 is 13.5 Å². The van der Waals surface area contributed by atoms with Crippen LogP contribution in [-0.4, -0.2) is 14.5 Å². The fourth-order valence-corrected chi connectivity index (χ4v) is 2.80. The summed E-state index contributed by atoms with van der Waals surface area (Å²) >= 11 is 0. The first-order valence-electron chi connectivity index (χ1n) is 8.03. The predicted octanol–water partition coefficient (Wildman–Crippen LogP) is 2.86. The van der Waals surface area contributed by atoms with Gasteiger partial charge in [-0.15, -0.1) is 0 Å². The zero-order valence-electron chi connectivity index (χ0n) is 13.8. The Hall–Kier alpha value is -3.68. The largest absolute Gasteiger partial charge is 0.489 e. The van der Waals surface area contributed by atoms with E-state index in [0.29, 0.717) is 5.52 Å². The van der Waals surface area contributed by atoms with Gasteiger partial charge in [-0.3, -0.25) is 4.79 Å². The van der Waals surface area contributed by atoms with Gasteiger partial charge in [-0.1, -0.05) is 12.1 Å². The number of aromatic amines is 2. The maximum absolute atomic E-state index is 13.7. The molecule has 2 heterocycles. The molecule has 2 N–H and O–H groups in total. The van der Waals surface area contributed by atoms with E-state index >= 15 is 0 Å². The Morgan fingerprint density at radius 1 is 1.00 bits per heavy atom. The van der Waals surface area contributed by atoms with Crippen molar-refractivity contribution in [2.75, 3.05) is 0 Å². The van der Waals surface area contributed by atoms with E-state index in [1.54, 1.807) is 30.5 Å². The second kappa shape index (κ2) is 6.56. The van der Waals surface area contributed by atoms with Gasteiger partial charge in [0.15, 0.2) is 0 Å². The van der Waals surface area contributed by atoms with Crippen LogP contribution < -0.4 is 16.0 Å². The molecule has 0 saturated carbocycles. The monoisotopic (exact) mass is 369 g/mol. The van der Waals surface area contributed by atoms with Crippen molar-refractivity contribution in [1.82, 2.24) is 14.5 Å². The second-order valence-corrected chi connectivity index (χ2v) is 5.82. The zero-order chi connectivity index (χ0) is 19.0. The molecule has 0 unspecified atom stereocenters. The molecule has 0 aliphatic carbocycles. The number of aromatic nitrogens is 3. The van der Waals surface area contributed by atoms with Gasteiger partial charge in [0.2, 0.25) is 0 Å². The van der Waals surface area contributed by atoms with Crippen LogP contribution in [-0.2, 0) is 6.61 Å². The van der Waals surface area contributed by atoms with Crippen LogP contribution in [0.2, 0.25) is 0 Å². The molecule has 4 aromatic rings. The second-order valence-electron chi connectivity index (χ2n) is 5.82. The van der Waals surface area contributed by atoms with Gasteiger partial charge in [0, 0.05) is 12.3 Å². The first kappa shape index (κ1) is 16.8. The van der Waals surface area contributed by atoms with Crippen LogP contribution in [0.5, 0.6) is 5.75 Å². The van der Waals surface area contributed by atoms with Crippen molar-refractivity contribution >= 4 is 11.0 Å². The minimum Gasteiger partial charge on any atom is -0.489 e. The van der Waals surface area contributed by atoms with Crippen molar-refractivity contribution in [2.24, 2.45) is 0 Å². The number of nitrogens with one attached hydrogen (secondary N) is 2. The van der Waals surface area contributed by atoms with Gasteiger partial charge in [0.25, 0.3) is 5.56 Å². The Kier molecular flexibility index (Phi) is 4.08. The summed E-state index contributed by atoms with van der Waals surface area (Å²) in [5.41, 5.74) is -0.395. The number of fused-ring (bicyclic) bond motifs is 1. The lowest BCUT2D eigenvalue weighted by Gasteiger charge is -2.10. The molecule has 0 saturated heterocycles. The lowest BCUT2D eigenvalue weighted by molar-refractivity contribution is 0.292. The topological polar surface area (TPSA) is 79.9 Å². The molecular formula is C19H13F2N3O3. The normalized spacial score (nSPS) is 11.0. The Balaban J connectivity index is 1.70. The average molecular weight is 369 g/mol. The highest BCUT2D eigenvalue weighted by atomic mass is 19.1. The van der Waals surface area contributed by atoms with Crippen LogP contribution in [0.4, 0.5) is 8.78 Å². The van der Waals surface area contributed by atoms with Crippen LogP contribution in [0.3, 0.4) is 0 Å². The number of ether oxygens (including phenoxy) is 1. The summed E-state index contributed by atoms with van der Waals surface area (Å²) in [6.45, 7) is -0.330. The molecule has 0 aliphatic heterocycles. The molecule has 0 aliphatic rings. The molecule has 0 fully saturated rings. The first-order chi connectivity index (χ1) is 13.0. The van der Waals surface area contributed by atoms with Gasteiger partial charge in [-0.25, -0.2) is 18.1 Å². The van der Waals surface area contributed by atoms with Crippen LogP contribution in [0.25, 0.3) is 16.7 Å². The van der Waals surface area contributed by atoms with E-state index in [2.05, 4.69) is 9.97 Å². The van der Waals surface area contributed by atoms with Crippen molar-refractivity contribution in [3.8, 4) is 11.4 Å². The molecule has 2 aromatic heterocycles. The van der Waals surface area contributed by atoms with Crippen molar-refractivity contribution in [3.63, 3.8) is 0 Å². The summed E-state index contributed by atoms with van der Waals surface area (Å²) in [4.78, 5) is 30.2. The Bertz CT molecular complexity index is 1240. The van der Waals surface area contributed by atoms with Crippen LogP contribution >= 0.6 is 0 Å². The lowest BCUT2D eigenvalue weighted by atomic mass is 10.2. The number of nitrogens with zero attached hydrogens (tertiary/aromatic N) is 1. The Labute approximate surface area is 150 Å². The molecule has 0 atom stereocenters. The van der Waals surface area contributed by atoms with Crippen molar-refractivity contribution in [3.05, 3.63) is 92.8 Å². The fraction of sp³-hybridized carbons (Fsp3) is 0.0526. The maximum Gasteiger partial charge on any atom is 0.333 e. The first-order valence-corrected chi connectivity index (χ1v) is 8.03. The smallest absolute Gasteiger partial charge is 0.333 e. The molecule has 4 rings (SSSR count). The Morgan fingerprint density at radius 2 is 1.74 bits per heavy atom. The summed E-state index contributed by atoms with van der Waals surface area (Å²) in [6.07, 6.45) is 1.55. The Morgan fingerprint density at radius 3 is 2.52 bits per heavy atom. The number of halogens is 2. The van der Waals surface area contributed by atoms with Gasteiger partial charge >= 0.3 is 5.69 Å². The summed E-state index contributed by atoms with van der Waals surface area (Å²) in [6, 6.07) is 11.3. The summed E-state index contributed by atoms with van der Waals surface area (Å²) in [5.74, 6) is -1.17. The van der Waals surface area contributed by atoms with Gasteiger partial charge in [0.1, 0.15) is 29.5 Å². The van der Waals surface area contributed by atoms with Gasteiger partial charge in [-0.2, -0.15) is 0 Å². The third-order valence-electron chi connectivity index (χ3n) is 4.13. The number of benzene rings is 2. The quantitative estimate of drug-likeness (QED) is 0.581. The maximum atomic E-state index is 13.7. The van der Waals surface area contributed by atoms with Crippen LogP contribution in [0, 0.1) is 11.6 Å². The standard InChI is InChI=1S/C19H13F2N3O3/c20-14-5-2-6-15(21)13(14)10-27-12-4-1-3-11(9-12)24-18(25)17-16(7-8-22-17)23-19(24)26/h1-9,22H,10H2,(H,23,26). The van der Waals surface area contributed by atoms with E-state index in [1.807, 2.05) is 0 Å². The number of rotatable bonds is 4. The third kappa shape index (κ3) is 3.01. The van der Waals surface area contributed by atoms with Gasteiger partial charge in [0.05, 0.1) is 16.8 Å². The highest BCUT2D eigenvalue weighted by Gasteiger charge is 2.12. The molecule has 0 amide bonds. The molecule has 136 valence electrons. The van der Waals surface area contributed by atoms with Crippen molar-refractivity contribution in [1.29, 1.82) is 0 Å². The molecule has 2 aromatic carbocycles. The molecular weight excluding hydrogens is 356 g/mol. The molecule has 27 heavy (non-hydrogen) atoms. The number of hydrogen-bond acceptors (Lipinski definition) is 3. The van der Waals surface area contributed by atoms with Crippen LogP contribution in [0.1, 0.15) is 5.56 Å². The van der Waals surface area contributed by atoms with Crippen molar-refractivity contribution in [2.45, 2.75) is 6.61 Å². The van der Waals surface area contributed by atoms with E-state index < -0.39 is 22.9 Å². The van der Waals surface area contributed by atoms with E-state index in [9.17, 15) is 18.4 Å². The molecule has 0 radical (unpaired) electrons. The average Bonchev–Trinajstić information content (AvgIpc) is 3.10. The minimum atomic E-state index is -0.712. The lowest BCUT2D eigenvalue weighted by Crippen LogP contribution is -2.33. The molecule has 6 nitrogen and oxygen atoms in total. The molecule has 0 bridgehead atoms. The summed E-state index contributed by atoms with van der Waals surface area (Å²) in [5, 5.41) is 0. The molecule has 8 heteroatoms. The predicted molar refractivity (Wildman–Crippen MR) is 95.2 cm³/mol. The van der Waals surface area contributed by atoms with E-state index in [-0.39, 0.29) is 29.1 Å². The van der Waals surface area contributed by atoms with Gasteiger partial charge < -0.3 is 14.7 Å². The van der Waals surface area contributed by atoms with E-state index in [1.165, 1.54) is 12.1 Å². The minimum absolute atomic E-state index is 0.203. The number of hydrogen-bond donors (Lipinski definition) is 2. The third-order valence-corrected chi connectivity index (χ3v) is 4.13. The molecule has 0 spiro atoms. The number of H-pyrrole nitrogens is 2. The highest BCUT2D eigenvalue weighted by Crippen LogP contribution is 2.19. The van der Waals surface area contributed by atoms with Crippen LogP contribution in [0.15, 0.2) is 64.3 Å². The summed E-state index contributed by atoms with van der Waals surface area (Å²) in [7, 11) is 0. The zero-order valence-corrected chi connectivity index (χ0v) is 13.8. The highest BCUT2D eigenvalue weighted by molar-refractivity contribution is 5.73. The fourth-order valence-electron chi connectivity index (χ4n) is 2.80.